The molecule has 1 N–H and O–H groups in total. The summed E-state index contributed by atoms with van der Waals surface area (Å²) in [5.74, 6) is 1.63. The number of non-ortho nitro benzene ring substituents is 1. The zero-order valence-electron chi connectivity index (χ0n) is 16.6. The average Bonchev–Trinajstić information content (AvgIpc) is 3.13. The number of amides is 1. The number of aromatic nitrogens is 3. The van der Waals surface area contributed by atoms with Crippen LogP contribution in [0.4, 0.5) is 11.4 Å². The van der Waals surface area contributed by atoms with E-state index in [9.17, 15) is 14.9 Å². The Morgan fingerprint density at radius 2 is 2.00 bits per heavy atom. The molecule has 0 fully saturated rings. The van der Waals surface area contributed by atoms with E-state index in [1.165, 1.54) is 23.9 Å². The number of nitro benzene ring substituents is 1. The molecular formula is C20H21N5O4S. The van der Waals surface area contributed by atoms with E-state index in [0.717, 1.165) is 5.56 Å². The van der Waals surface area contributed by atoms with Crippen LogP contribution in [0, 0.1) is 10.1 Å². The van der Waals surface area contributed by atoms with Gasteiger partial charge in [-0.15, -0.1) is 10.2 Å². The number of carbonyl (C=O) groups is 1. The number of hydrogen-bond donors (Lipinski definition) is 1. The third-order valence-corrected chi connectivity index (χ3v) is 5.33. The molecule has 0 aliphatic rings. The molecule has 156 valence electrons. The maximum absolute atomic E-state index is 12.4. The van der Waals surface area contributed by atoms with Crippen LogP contribution in [0.25, 0.3) is 0 Å². The summed E-state index contributed by atoms with van der Waals surface area (Å²) in [4.78, 5) is 22.8. The average molecular weight is 427 g/mol. The molecule has 0 aliphatic heterocycles. The number of nitrogens with one attached hydrogen (secondary N) is 1. The second kappa shape index (κ2) is 9.88. The highest BCUT2D eigenvalue weighted by Crippen LogP contribution is 2.24. The van der Waals surface area contributed by atoms with Crippen LogP contribution in [-0.4, -0.2) is 32.7 Å². The maximum atomic E-state index is 12.4. The molecule has 1 aromatic heterocycles. The quantitative estimate of drug-likeness (QED) is 0.315. The number of ether oxygens (including phenoxy) is 1. The summed E-state index contributed by atoms with van der Waals surface area (Å²) in [5, 5.41) is 22.7. The number of anilines is 1. The van der Waals surface area contributed by atoms with Gasteiger partial charge in [0.15, 0.2) is 5.16 Å². The highest BCUT2D eigenvalue weighted by molar-refractivity contribution is 7.98. The molecule has 0 saturated heterocycles. The van der Waals surface area contributed by atoms with Crippen molar-refractivity contribution in [3.05, 3.63) is 70.0 Å². The summed E-state index contributed by atoms with van der Waals surface area (Å²) < 4.78 is 7.05. The predicted molar refractivity (Wildman–Crippen MR) is 114 cm³/mol. The second-order valence-electron chi connectivity index (χ2n) is 6.31. The number of methoxy groups -OCH3 is 1. The fraction of sp³-hybridized carbons (Fsp3) is 0.250. The minimum atomic E-state index is -0.423. The highest BCUT2D eigenvalue weighted by Gasteiger charge is 2.15. The Morgan fingerprint density at radius 3 is 2.67 bits per heavy atom. The standard InChI is InChI=1S/C20H21N5O4S/c1-3-24-18(12-19(26)21-15-5-4-6-17(11-15)29-2)22-23-20(24)30-13-14-7-9-16(10-8-14)25(27)28/h4-11H,3,12-13H2,1-2H3,(H,21,26). The largest absolute Gasteiger partial charge is 0.497 e. The van der Waals surface area contributed by atoms with E-state index in [1.807, 2.05) is 11.5 Å². The molecule has 1 amide bonds. The Labute approximate surface area is 177 Å². The van der Waals surface area contributed by atoms with Gasteiger partial charge in [-0.2, -0.15) is 0 Å². The Kier molecular flexibility index (Phi) is 7.02. The molecular weight excluding hydrogens is 406 g/mol. The fourth-order valence-corrected chi connectivity index (χ4v) is 3.76. The first kappa shape index (κ1) is 21.3. The van der Waals surface area contributed by atoms with Crippen LogP contribution in [0.15, 0.2) is 53.7 Å². The Bertz CT molecular complexity index is 1040. The number of thioether (sulfide) groups is 1. The normalized spacial score (nSPS) is 10.6. The third-order valence-electron chi connectivity index (χ3n) is 4.30. The van der Waals surface area contributed by atoms with Gasteiger partial charge in [0.1, 0.15) is 11.6 Å². The number of carbonyl (C=O) groups excluding carboxylic acids is 1. The van der Waals surface area contributed by atoms with Gasteiger partial charge in [0.25, 0.3) is 5.69 Å². The van der Waals surface area contributed by atoms with E-state index in [0.29, 0.717) is 34.7 Å². The number of hydrogen-bond acceptors (Lipinski definition) is 7. The van der Waals surface area contributed by atoms with Crippen molar-refractivity contribution >= 4 is 29.0 Å². The number of rotatable bonds is 9. The lowest BCUT2D eigenvalue weighted by Gasteiger charge is -2.09. The smallest absolute Gasteiger partial charge is 0.269 e. The van der Waals surface area contributed by atoms with Gasteiger partial charge in [0, 0.05) is 36.2 Å². The van der Waals surface area contributed by atoms with Crippen molar-refractivity contribution in [1.82, 2.24) is 14.8 Å². The molecule has 2 aromatic carbocycles. The van der Waals surface area contributed by atoms with Gasteiger partial charge in [-0.3, -0.25) is 14.9 Å². The lowest BCUT2D eigenvalue weighted by Crippen LogP contribution is -2.17. The first-order valence-corrected chi connectivity index (χ1v) is 10.2. The molecule has 0 radical (unpaired) electrons. The first-order chi connectivity index (χ1) is 14.5. The van der Waals surface area contributed by atoms with Crippen molar-refractivity contribution in [3.63, 3.8) is 0 Å². The molecule has 9 nitrogen and oxygen atoms in total. The van der Waals surface area contributed by atoms with Crippen molar-refractivity contribution < 1.29 is 14.5 Å². The monoisotopic (exact) mass is 427 g/mol. The van der Waals surface area contributed by atoms with Gasteiger partial charge in [0.05, 0.1) is 18.5 Å². The van der Waals surface area contributed by atoms with Crippen LogP contribution in [0.2, 0.25) is 0 Å². The lowest BCUT2D eigenvalue weighted by atomic mass is 10.2. The van der Waals surface area contributed by atoms with Crippen LogP contribution in [0.3, 0.4) is 0 Å². The van der Waals surface area contributed by atoms with Gasteiger partial charge in [-0.25, -0.2) is 0 Å². The molecule has 3 rings (SSSR count). The molecule has 0 unspecified atom stereocenters. The minimum absolute atomic E-state index is 0.0600. The zero-order valence-corrected chi connectivity index (χ0v) is 17.4. The van der Waals surface area contributed by atoms with Crippen LogP contribution in [0.5, 0.6) is 5.75 Å². The second-order valence-corrected chi connectivity index (χ2v) is 7.25. The molecule has 1 heterocycles. The van der Waals surface area contributed by atoms with E-state index in [2.05, 4.69) is 15.5 Å². The number of nitrogens with zero attached hydrogens (tertiary/aromatic N) is 4. The summed E-state index contributed by atoms with van der Waals surface area (Å²) in [6.07, 6.45) is 0.0934. The molecule has 0 atom stereocenters. The topological polar surface area (TPSA) is 112 Å². The zero-order chi connectivity index (χ0) is 21.5. The van der Waals surface area contributed by atoms with Crippen LogP contribution < -0.4 is 10.1 Å². The molecule has 0 aliphatic carbocycles. The molecule has 30 heavy (non-hydrogen) atoms. The number of nitro groups is 1. The van der Waals surface area contributed by atoms with Crippen molar-refractivity contribution in [2.45, 2.75) is 30.8 Å². The third kappa shape index (κ3) is 5.35. The summed E-state index contributed by atoms with van der Waals surface area (Å²) in [6, 6.07) is 13.5. The highest BCUT2D eigenvalue weighted by atomic mass is 32.2. The fourth-order valence-electron chi connectivity index (χ4n) is 2.79. The summed E-state index contributed by atoms with van der Waals surface area (Å²) in [5.41, 5.74) is 1.65. The summed E-state index contributed by atoms with van der Waals surface area (Å²) in [7, 11) is 1.57. The van der Waals surface area contributed by atoms with Gasteiger partial charge in [-0.1, -0.05) is 30.0 Å². The van der Waals surface area contributed by atoms with E-state index in [-0.39, 0.29) is 18.0 Å². The predicted octanol–water partition coefficient (Wildman–Crippen LogP) is 3.69. The molecule has 0 spiro atoms. The van der Waals surface area contributed by atoms with Crippen molar-refractivity contribution in [1.29, 1.82) is 0 Å². The van der Waals surface area contributed by atoms with Crippen molar-refractivity contribution in [2.75, 3.05) is 12.4 Å². The van der Waals surface area contributed by atoms with Gasteiger partial charge in [-0.05, 0) is 24.6 Å². The Hall–Kier alpha value is -3.40. The van der Waals surface area contributed by atoms with E-state index < -0.39 is 4.92 Å². The van der Waals surface area contributed by atoms with Gasteiger partial charge < -0.3 is 14.6 Å². The molecule has 0 bridgehead atoms. The molecule has 3 aromatic rings. The van der Waals surface area contributed by atoms with Crippen LogP contribution >= 0.6 is 11.8 Å². The van der Waals surface area contributed by atoms with Crippen LogP contribution in [-0.2, 0) is 23.5 Å². The summed E-state index contributed by atoms with van der Waals surface area (Å²) in [6.45, 7) is 2.58. The van der Waals surface area contributed by atoms with Crippen molar-refractivity contribution in [3.8, 4) is 5.75 Å². The molecule has 0 saturated carbocycles. The van der Waals surface area contributed by atoms with Crippen molar-refractivity contribution in [2.24, 2.45) is 0 Å². The van der Waals surface area contributed by atoms with Gasteiger partial charge in [0.2, 0.25) is 5.91 Å². The number of benzene rings is 2. The Morgan fingerprint density at radius 1 is 1.23 bits per heavy atom. The van der Waals surface area contributed by atoms with E-state index in [4.69, 9.17) is 4.74 Å². The van der Waals surface area contributed by atoms with E-state index >= 15 is 0 Å². The SMILES string of the molecule is CCn1c(CC(=O)Nc2cccc(OC)c2)nnc1SCc1ccc([N+](=O)[O-])cc1. The first-order valence-electron chi connectivity index (χ1n) is 9.22. The van der Waals surface area contributed by atoms with Gasteiger partial charge >= 0.3 is 0 Å². The summed E-state index contributed by atoms with van der Waals surface area (Å²) >= 11 is 1.47. The van der Waals surface area contributed by atoms with E-state index in [1.54, 1.807) is 43.5 Å². The molecule has 10 heteroatoms. The van der Waals surface area contributed by atoms with Crippen LogP contribution in [0.1, 0.15) is 18.3 Å². The maximum Gasteiger partial charge on any atom is 0.269 e. The lowest BCUT2D eigenvalue weighted by molar-refractivity contribution is -0.384. The minimum Gasteiger partial charge on any atom is -0.497 e. The Balaban J connectivity index is 1.63.